The summed E-state index contributed by atoms with van der Waals surface area (Å²) in [6, 6.07) is 24.8. The van der Waals surface area contributed by atoms with Gasteiger partial charge in [0.1, 0.15) is 6.10 Å². The van der Waals surface area contributed by atoms with E-state index in [1.165, 1.54) is 5.56 Å². The molecule has 0 spiro atoms. The molecule has 4 rings (SSSR count). The van der Waals surface area contributed by atoms with Crippen LogP contribution in [-0.2, 0) is 11.3 Å². The highest BCUT2D eigenvalue weighted by Crippen LogP contribution is 2.34. The minimum atomic E-state index is -0.241. The number of aromatic nitrogens is 1. The van der Waals surface area contributed by atoms with E-state index in [-0.39, 0.29) is 6.10 Å². The number of hydrogen-bond acceptors (Lipinski definition) is 4. The van der Waals surface area contributed by atoms with E-state index in [0.717, 1.165) is 32.7 Å². The highest BCUT2D eigenvalue weighted by molar-refractivity contribution is 7.09. The number of thiazole rings is 1. The molecular weight excluding hydrogens is 388 g/mol. The van der Waals surface area contributed by atoms with Gasteiger partial charge >= 0.3 is 0 Å². The van der Waals surface area contributed by atoms with Crippen molar-refractivity contribution in [1.29, 1.82) is 5.26 Å². The van der Waals surface area contributed by atoms with Crippen molar-refractivity contribution in [3.63, 3.8) is 0 Å². The number of ether oxygens (including phenoxy) is 1. The van der Waals surface area contributed by atoms with E-state index in [1.54, 1.807) is 11.3 Å². The lowest BCUT2D eigenvalue weighted by molar-refractivity contribution is 0.0689. The molecule has 0 fully saturated rings. The van der Waals surface area contributed by atoms with Crippen molar-refractivity contribution in [1.82, 2.24) is 4.98 Å². The number of rotatable bonds is 6. The topological polar surface area (TPSA) is 45.9 Å². The quantitative estimate of drug-likeness (QED) is 0.359. The van der Waals surface area contributed by atoms with Crippen molar-refractivity contribution < 1.29 is 4.74 Å². The van der Waals surface area contributed by atoms with Gasteiger partial charge < -0.3 is 4.74 Å². The van der Waals surface area contributed by atoms with E-state index in [2.05, 4.69) is 67.4 Å². The zero-order chi connectivity index (χ0) is 20.9. The van der Waals surface area contributed by atoms with Gasteiger partial charge in [-0.2, -0.15) is 5.26 Å². The van der Waals surface area contributed by atoms with Crippen LogP contribution in [0.3, 0.4) is 0 Å². The van der Waals surface area contributed by atoms with Gasteiger partial charge in [0.05, 0.1) is 28.6 Å². The lowest BCUT2D eigenvalue weighted by Gasteiger charge is -2.19. The molecule has 0 saturated heterocycles. The minimum absolute atomic E-state index is 0.241. The van der Waals surface area contributed by atoms with Crippen LogP contribution in [0.25, 0.3) is 11.1 Å². The lowest BCUT2D eigenvalue weighted by atomic mass is 9.93. The fourth-order valence-electron chi connectivity index (χ4n) is 3.48. The molecule has 3 aromatic carbocycles. The summed E-state index contributed by atoms with van der Waals surface area (Å²) in [7, 11) is 0. The molecule has 0 aliphatic rings. The first-order valence-electron chi connectivity index (χ1n) is 9.81. The molecule has 1 atom stereocenters. The van der Waals surface area contributed by atoms with E-state index >= 15 is 0 Å². The number of benzene rings is 3. The maximum Gasteiger partial charge on any atom is 0.119 e. The van der Waals surface area contributed by atoms with Gasteiger partial charge in [0.2, 0.25) is 0 Å². The molecule has 0 N–H and O–H groups in total. The van der Waals surface area contributed by atoms with E-state index in [9.17, 15) is 5.26 Å². The van der Waals surface area contributed by atoms with Gasteiger partial charge in [-0.05, 0) is 48.2 Å². The van der Waals surface area contributed by atoms with Crippen molar-refractivity contribution in [2.75, 3.05) is 0 Å². The van der Waals surface area contributed by atoms with Crippen LogP contribution in [0.2, 0.25) is 0 Å². The standard InChI is InChI=1S/C26H22N2OS/c1-18-7-9-20(10-8-18)16-29-26(25-15-28-17-30-25)21-11-12-22(14-27)24(13-21)23-6-4-3-5-19(23)2/h3-13,15,17,26H,16H2,1-2H3. The average molecular weight is 411 g/mol. The van der Waals surface area contributed by atoms with Crippen LogP contribution < -0.4 is 0 Å². The average Bonchev–Trinajstić information content (AvgIpc) is 3.30. The first-order chi connectivity index (χ1) is 14.7. The van der Waals surface area contributed by atoms with Gasteiger partial charge in [-0.25, -0.2) is 0 Å². The third-order valence-corrected chi connectivity index (χ3v) is 5.97. The Labute approximate surface area is 181 Å². The van der Waals surface area contributed by atoms with Gasteiger partial charge in [0.15, 0.2) is 0 Å². The van der Waals surface area contributed by atoms with Crippen molar-refractivity contribution in [3.05, 3.63) is 111 Å². The summed E-state index contributed by atoms with van der Waals surface area (Å²) >= 11 is 1.58. The summed E-state index contributed by atoms with van der Waals surface area (Å²) in [5, 5.41) is 9.67. The first-order valence-corrected chi connectivity index (χ1v) is 10.7. The summed E-state index contributed by atoms with van der Waals surface area (Å²) in [4.78, 5) is 5.29. The lowest BCUT2D eigenvalue weighted by Crippen LogP contribution is -2.06. The monoisotopic (exact) mass is 410 g/mol. The largest absolute Gasteiger partial charge is 0.363 e. The molecule has 148 valence electrons. The van der Waals surface area contributed by atoms with Crippen LogP contribution in [0.4, 0.5) is 0 Å². The fourth-order valence-corrected chi connectivity index (χ4v) is 4.17. The fraction of sp³-hybridized carbons (Fsp3) is 0.154. The summed E-state index contributed by atoms with van der Waals surface area (Å²) in [5.74, 6) is 0. The number of nitrogens with zero attached hydrogens (tertiary/aromatic N) is 2. The summed E-state index contributed by atoms with van der Waals surface area (Å²) in [5.41, 5.74) is 9.00. The second-order valence-corrected chi connectivity index (χ2v) is 8.23. The van der Waals surface area contributed by atoms with Gasteiger partial charge in [-0.1, -0.05) is 60.2 Å². The van der Waals surface area contributed by atoms with E-state index in [0.29, 0.717) is 12.2 Å². The molecule has 0 amide bonds. The van der Waals surface area contributed by atoms with Crippen LogP contribution in [0.5, 0.6) is 0 Å². The highest BCUT2D eigenvalue weighted by Gasteiger charge is 2.19. The Morgan fingerprint density at radius 3 is 2.50 bits per heavy atom. The molecule has 1 unspecified atom stereocenters. The second kappa shape index (κ2) is 9.04. The second-order valence-electron chi connectivity index (χ2n) is 7.31. The Bertz CT molecular complexity index is 1170. The van der Waals surface area contributed by atoms with Crippen molar-refractivity contribution >= 4 is 11.3 Å². The van der Waals surface area contributed by atoms with E-state index in [4.69, 9.17) is 4.74 Å². The Morgan fingerprint density at radius 1 is 1.00 bits per heavy atom. The van der Waals surface area contributed by atoms with Crippen molar-refractivity contribution in [2.24, 2.45) is 0 Å². The Balaban J connectivity index is 1.72. The van der Waals surface area contributed by atoms with Crippen LogP contribution in [-0.4, -0.2) is 4.98 Å². The molecule has 0 saturated carbocycles. The van der Waals surface area contributed by atoms with Crippen LogP contribution in [0, 0.1) is 25.2 Å². The molecule has 3 nitrogen and oxygen atoms in total. The predicted octanol–water partition coefficient (Wildman–Crippen LogP) is 6.60. The number of hydrogen-bond donors (Lipinski definition) is 0. The van der Waals surface area contributed by atoms with Gasteiger partial charge in [0.25, 0.3) is 0 Å². The molecule has 4 aromatic rings. The molecule has 4 heteroatoms. The van der Waals surface area contributed by atoms with Crippen LogP contribution in [0.15, 0.2) is 78.4 Å². The zero-order valence-electron chi connectivity index (χ0n) is 17.0. The highest BCUT2D eigenvalue weighted by atomic mass is 32.1. The van der Waals surface area contributed by atoms with Gasteiger partial charge in [-0.3, -0.25) is 4.98 Å². The SMILES string of the molecule is Cc1ccc(COC(c2ccc(C#N)c(-c3ccccc3C)c2)c2cncs2)cc1. The molecule has 30 heavy (non-hydrogen) atoms. The van der Waals surface area contributed by atoms with Crippen LogP contribution >= 0.6 is 11.3 Å². The summed E-state index contributed by atoms with van der Waals surface area (Å²) in [6.45, 7) is 4.65. The molecule has 0 aliphatic heterocycles. The molecule has 0 aliphatic carbocycles. The summed E-state index contributed by atoms with van der Waals surface area (Å²) in [6.07, 6.45) is 1.62. The number of aryl methyl sites for hydroxylation is 2. The molecule has 0 bridgehead atoms. The Kier molecular flexibility index (Phi) is 6.04. The predicted molar refractivity (Wildman–Crippen MR) is 121 cm³/mol. The van der Waals surface area contributed by atoms with E-state index in [1.807, 2.05) is 36.0 Å². The third-order valence-electron chi connectivity index (χ3n) is 5.15. The zero-order valence-corrected chi connectivity index (χ0v) is 17.8. The molecule has 0 radical (unpaired) electrons. The van der Waals surface area contributed by atoms with Gasteiger partial charge in [0, 0.05) is 11.8 Å². The Morgan fingerprint density at radius 2 is 1.80 bits per heavy atom. The third kappa shape index (κ3) is 4.33. The van der Waals surface area contributed by atoms with Gasteiger partial charge in [-0.15, -0.1) is 11.3 Å². The normalized spacial score (nSPS) is 11.8. The molecule has 1 heterocycles. The maximum absolute atomic E-state index is 9.67. The smallest absolute Gasteiger partial charge is 0.119 e. The maximum atomic E-state index is 9.67. The summed E-state index contributed by atoms with van der Waals surface area (Å²) < 4.78 is 6.38. The first kappa shape index (κ1) is 20.0. The molecule has 1 aromatic heterocycles. The number of nitriles is 1. The Hall–Kier alpha value is -3.26. The minimum Gasteiger partial charge on any atom is -0.363 e. The van der Waals surface area contributed by atoms with Crippen molar-refractivity contribution in [3.8, 4) is 17.2 Å². The van der Waals surface area contributed by atoms with Crippen LogP contribution in [0.1, 0.15) is 38.8 Å². The molecular formula is C26H22N2OS. The van der Waals surface area contributed by atoms with E-state index < -0.39 is 0 Å². The van der Waals surface area contributed by atoms with Crippen molar-refractivity contribution in [2.45, 2.75) is 26.6 Å².